The molecule has 0 radical (unpaired) electrons. The first-order valence-corrected chi connectivity index (χ1v) is 9.96. The number of methoxy groups -OCH3 is 2. The maximum Gasteiger partial charge on any atom is 0.229 e. The fourth-order valence-corrected chi connectivity index (χ4v) is 3.81. The van der Waals surface area contributed by atoms with Crippen LogP contribution in [-0.4, -0.2) is 32.6 Å². The number of ether oxygens (including phenoxy) is 2. The lowest BCUT2D eigenvalue weighted by molar-refractivity contribution is -0.122. The van der Waals surface area contributed by atoms with Crippen molar-refractivity contribution in [3.8, 4) is 11.5 Å². The van der Waals surface area contributed by atoms with Crippen molar-refractivity contribution in [3.05, 3.63) is 47.5 Å². The van der Waals surface area contributed by atoms with Crippen LogP contribution in [0.5, 0.6) is 11.5 Å². The summed E-state index contributed by atoms with van der Waals surface area (Å²) in [5, 5.41) is 2.91. The molecule has 0 spiro atoms. The molecular formula is C23H28N2O4. The van der Waals surface area contributed by atoms with Crippen LogP contribution in [0.25, 0.3) is 0 Å². The van der Waals surface area contributed by atoms with Crippen molar-refractivity contribution in [2.24, 2.45) is 5.92 Å². The number of anilines is 2. The molecule has 1 aliphatic heterocycles. The Kier molecular flexibility index (Phi) is 6.42. The number of aryl methyl sites for hydroxylation is 2. The average molecular weight is 396 g/mol. The molecule has 29 heavy (non-hydrogen) atoms. The van der Waals surface area contributed by atoms with Crippen molar-refractivity contribution < 1.29 is 19.1 Å². The molecule has 1 atom stereocenters. The lowest BCUT2D eigenvalue weighted by Gasteiger charge is -2.23. The monoisotopic (exact) mass is 396 g/mol. The predicted molar refractivity (Wildman–Crippen MR) is 114 cm³/mol. The van der Waals surface area contributed by atoms with Crippen LogP contribution in [0.15, 0.2) is 36.4 Å². The normalized spacial score (nSPS) is 16.1. The lowest BCUT2D eigenvalue weighted by Crippen LogP contribution is -2.29. The molecule has 6 heteroatoms. The summed E-state index contributed by atoms with van der Waals surface area (Å²) in [5.41, 5.74) is 3.77. The number of nitrogens with zero attached hydrogens (tertiary/aromatic N) is 1. The quantitative estimate of drug-likeness (QED) is 0.773. The third kappa shape index (κ3) is 4.21. The highest BCUT2D eigenvalue weighted by molar-refractivity contribution is 6.04. The van der Waals surface area contributed by atoms with Crippen LogP contribution < -0.4 is 19.7 Å². The molecule has 1 saturated heterocycles. The molecule has 0 bridgehead atoms. The summed E-state index contributed by atoms with van der Waals surface area (Å²) in [5.74, 6) is 0.533. The Bertz CT molecular complexity index is 887. The van der Waals surface area contributed by atoms with E-state index in [-0.39, 0.29) is 18.2 Å². The van der Waals surface area contributed by atoms with Crippen LogP contribution in [0, 0.1) is 5.92 Å². The van der Waals surface area contributed by atoms with E-state index < -0.39 is 5.92 Å². The van der Waals surface area contributed by atoms with Gasteiger partial charge in [-0.15, -0.1) is 0 Å². The first kappa shape index (κ1) is 20.7. The van der Waals surface area contributed by atoms with E-state index in [0.717, 1.165) is 29.7 Å². The Balaban J connectivity index is 1.82. The first-order chi connectivity index (χ1) is 14.0. The molecule has 3 rings (SSSR count). The largest absolute Gasteiger partial charge is 0.497 e. The molecule has 154 valence electrons. The van der Waals surface area contributed by atoms with E-state index in [1.807, 2.05) is 6.07 Å². The Morgan fingerprint density at radius 3 is 2.38 bits per heavy atom. The number of hydrogen-bond acceptors (Lipinski definition) is 4. The zero-order chi connectivity index (χ0) is 21.0. The van der Waals surface area contributed by atoms with Gasteiger partial charge in [-0.05, 0) is 36.1 Å². The molecule has 1 N–H and O–H groups in total. The summed E-state index contributed by atoms with van der Waals surface area (Å²) >= 11 is 0. The van der Waals surface area contributed by atoms with Crippen molar-refractivity contribution >= 4 is 23.2 Å². The predicted octanol–water partition coefficient (Wildman–Crippen LogP) is 3.82. The molecule has 2 aromatic rings. The van der Waals surface area contributed by atoms with E-state index in [2.05, 4.69) is 31.3 Å². The fourth-order valence-electron chi connectivity index (χ4n) is 3.81. The van der Waals surface area contributed by atoms with Gasteiger partial charge in [0, 0.05) is 24.7 Å². The number of hydrogen-bond donors (Lipinski definition) is 1. The molecule has 0 aliphatic carbocycles. The number of carbonyl (C=O) groups excluding carboxylic acids is 2. The van der Waals surface area contributed by atoms with Crippen molar-refractivity contribution in [2.45, 2.75) is 33.1 Å². The number of para-hydroxylation sites is 1. The minimum absolute atomic E-state index is 0.0154. The summed E-state index contributed by atoms with van der Waals surface area (Å²) in [7, 11) is 3.11. The highest BCUT2D eigenvalue weighted by atomic mass is 16.5. The molecule has 0 saturated carbocycles. The summed E-state index contributed by atoms with van der Waals surface area (Å²) in [6, 6.07) is 11.4. The number of carbonyl (C=O) groups is 2. The van der Waals surface area contributed by atoms with Crippen LogP contribution in [0.2, 0.25) is 0 Å². The van der Waals surface area contributed by atoms with Gasteiger partial charge in [-0.25, -0.2) is 0 Å². The van der Waals surface area contributed by atoms with Gasteiger partial charge in [0.25, 0.3) is 0 Å². The van der Waals surface area contributed by atoms with Gasteiger partial charge in [0.2, 0.25) is 11.8 Å². The molecular weight excluding hydrogens is 368 g/mol. The van der Waals surface area contributed by atoms with Crippen LogP contribution in [0.3, 0.4) is 0 Å². The maximum absolute atomic E-state index is 12.9. The molecule has 6 nitrogen and oxygen atoms in total. The minimum atomic E-state index is -0.423. The summed E-state index contributed by atoms with van der Waals surface area (Å²) in [6.07, 6.45) is 1.87. The van der Waals surface area contributed by atoms with Crippen LogP contribution in [0.4, 0.5) is 11.4 Å². The third-order valence-electron chi connectivity index (χ3n) is 5.40. The summed E-state index contributed by atoms with van der Waals surface area (Å²) < 4.78 is 10.6. The molecule has 1 aliphatic rings. The van der Waals surface area contributed by atoms with Gasteiger partial charge in [0.05, 0.1) is 25.8 Å². The Morgan fingerprint density at radius 1 is 1.10 bits per heavy atom. The van der Waals surface area contributed by atoms with E-state index in [1.165, 1.54) is 0 Å². The highest BCUT2D eigenvalue weighted by Gasteiger charge is 2.36. The molecule has 0 unspecified atom stereocenters. The van der Waals surface area contributed by atoms with E-state index in [0.29, 0.717) is 23.7 Å². The number of benzene rings is 2. The van der Waals surface area contributed by atoms with Crippen molar-refractivity contribution in [1.29, 1.82) is 0 Å². The summed E-state index contributed by atoms with van der Waals surface area (Å²) in [6.45, 7) is 4.54. The number of rotatable bonds is 7. The first-order valence-electron chi connectivity index (χ1n) is 9.96. The highest BCUT2D eigenvalue weighted by Crippen LogP contribution is 2.34. The zero-order valence-corrected chi connectivity index (χ0v) is 17.5. The van der Waals surface area contributed by atoms with Gasteiger partial charge in [0.1, 0.15) is 11.5 Å². The van der Waals surface area contributed by atoms with Gasteiger partial charge in [-0.2, -0.15) is 0 Å². The second-order valence-electron chi connectivity index (χ2n) is 7.09. The number of nitrogens with one attached hydrogen (secondary N) is 1. The Hall–Kier alpha value is -3.02. The van der Waals surface area contributed by atoms with Crippen LogP contribution in [0.1, 0.15) is 31.4 Å². The second-order valence-corrected chi connectivity index (χ2v) is 7.09. The van der Waals surface area contributed by atoms with Gasteiger partial charge < -0.3 is 19.7 Å². The number of amides is 2. The smallest absolute Gasteiger partial charge is 0.229 e. The van der Waals surface area contributed by atoms with E-state index in [4.69, 9.17) is 9.47 Å². The van der Waals surface area contributed by atoms with E-state index in [1.54, 1.807) is 37.3 Å². The molecule has 0 aromatic heterocycles. The standard InChI is InChI=1S/C23H28N2O4/c1-5-15-8-7-9-16(6-2)22(15)25-14-17(12-21(25)26)23(27)24-19-13-18(28-3)10-11-20(19)29-4/h7-11,13,17H,5-6,12,14H2,1-4H3,(H,24,27)/t17-/m1/s1. The fraction of sp³-hybridized carbons (Fsp3) is 0.391. The molecule has 1 fully saturated rings. The van der Waals surface area contributed by atoms with E-state index >= 15 is 0 Å². The van der Waals surface area contributed by atoms with Crippen molar-refractivity contribution in [3.63, 3.8) is 0 Å². The minimum Gasteiger partial charge on any atom is -0.497 e. The lowest BCUT2D eigenvalue weighted by atomic mass is 10.0. The third-order valence-corrected chi connectivity index (χ3v) is 5.40. The maximum atomic E-state index is 12.9. The summed E-state index contributed by atoms with van der Waals surface area (Å²) in [4.78, 5) is 27.5. The second kappa shape index (κ2) is 8.99. The molecule has 2 aromatic carbocycles. The Morgan fingerprint density at radius 2 is 1.79 bits per heavy atom. The van der Waals surface area contributed by atoms with Crippen molar-refractivity contribution in [1.82, 2.24) is 0 Å². The molecule has 2 amide bonds. The molecule has 1 heterocycles. The van der Waals surface area contributed by atoms with Gasteiger partial charge in [0.15, 0.2) is 0 Å². The SMILES string of the molecule is CCc1cccc(CC)c1N1C[C@H](C(=O)Nc2cc(OC)ccc2OC)CC1=O. The van der Waals surface area contributed by atoms with Crippen molar-refractivity contribution in [2.75, 3.05) is 31.0 Å². The van der Waals surface area contributed by atoms with E-state index in [9.17, 15) is 9.59 Å². The van der Waals surface area contributed by atoms with Crippen LogP contribution in [-0.2, 0) is 22.4 Å². The van der Waals surface area contributed by atoms with Gasteiger partial charge >= 0.3 is 0 Å². The van der Waals surface area contributed by atoms with Gasteiger partial charge in [-0.1, -0.05) is 32.0 Å². The Labute approximate surface area is 171 Å². The topological polar surface area (TPSA) is 67.9 Å². The van der Waals surface area contributed by atoms with Gasteiger partial charge in [-0.3, -0.25) is 9.59 Å². The van der Waals surface area contributed by atoms with Crippen LogP contribution >= 0.6 is 0 Å². The zero-order valence-electron chi connectivity index (χ0n) is 17.5. The average Bonchev–Trinajstić information content (AvgIpc) is 3.14.